The molecule has 2 aliphatic rings. The largest absolute Gasteiger partial charge is 0.351 e. The molecule has 4 heteroatoms. The van der Waals surface area contributed by atoms with Gasteiger partial charge in [0.05, 0.1) is 6.42 Å². The predicted molar refractivity (Wildman–Crippen MR) is 107 cm³/mol. The number of hydrogen-bond donors (Lipinski definition) is 1. The van der Waals surface area contributed by atoms with Gasteiger partial charge in [0, 0.05) is 11.7 Å². The van der Waals surface area contributed by atoms with Crippen LogP contribution in [0.5, 0.6) is 0 Å². The number of anilines is 1. The Balaban J connectivity index is 1.67. The molecule has 4 nitrogen and oxygen atoms in total. The lowest BCUT2D eigenvalue weighted by Crippen LogP contribution is -2.70. The molecule has 1 saturated heterocycles. The van der Waals surface area contributed by atoms with Crippen molar-refractivity contribution in [2.24, 2.45) is 0 Å². The average Bonchev–Trinajstić information content (AvgIpc) is 3.19. The smallest absolute Gasteiger partial charge is 0.251 e. The minimum absolute atomic E-state index is 0.0273. The molecule has 0 aromatic heterocycles. The molecule has 2 fully saturated rings. The Morgan fingerprint density at radius 1 is 1.00 bits per heavy atom. The highest BCUT2D eigenvalue weighted by Gasteiger charge is 2.55. The van der Waals surface area contributed by atoms with Crippen LogP contribution in [0.3, 0.4) is 0 Å². The van der Waals surface area contributed by atoms with Crippen molar-refractivity contribution in [3.05, 3.63) is 72.3 Å². The van der Waals surface area contributed by atoms with Gasteiger partial charge in [-0.25, -0.2) is 0 Å². The number of carbonyl (C=O) groups excluding carboxylic acids is 2. The first-order valence-electron chi connectivity index (χ1n) is 9.62. The van der Waals surface area contributed by atoms with E-state index in [1.165, 1.54) is 0 Å². The number of para-hydroxylation sites is 1. The first kappa shape index (κ1) is 17.5. The fraction of sp³-hybridized carbons (Fsp3) is 0.304. The summed E-state index contributed by atoms with van der Waals surface area (Å²) in [5.74, 6) is -0.106. The molecule has 1 saturated carbocycles. The van der Waals surface area contributed by atoms with Gasteiger partial charge in [-0.3, -0.25) is 14.5 Å². The molecular formula is C23H24N2O2. The third kappa shape index (κ3) is 3.39. The summed E-state index contributed by atoms with van der Waals surface area (Å²) in [6.07, 6.45) is 8.37. The highest BCUT2D eigenvalue weighted by Crippen LogP contribution is 2.39. The van der Waals surface area contributed by atoms with Gasteiger partial charge in [0.15, 0.2) is 5.54 Å². The van der Waals surface area contributed by atoms with Crippen LogP contribution in [0.4, 0.5) is 5.69 Å². The van der Waals surface area contributed by atoms with Crippen molar-refractivity contribution < 1.29 is 9.59 Å². The molecule has 1 N–H and O–H groups in total. The number of carbonyl (C=O) groups is 2. The molecule has 0 radical (unpaired) electrons. The molecule has 4 rings (SSSR count). The van der Waals surface area contributed by atoms with Crippen molar-refractivity contribution in [2.75, 3.05) is 4.90 Å². The van der Waals surface area contributed by atoms with Crippen LogP contribution in [0.1, 0.15) is 37.7 Å². The van der Waals surface area contributed by atoms with Crippen LogP contribution in [0.15, 0.2) is 66.7 Å². The highest BCUT2D eigenvalue weighted by molar-refractivity contribution is 6.15. The lowest BCUT2D eigenvalue weighted by molar-refractivity contribution is -0.137. The number of nitrogens with one attached hydrogen (secondary N) is 1. The third-order valence-corrected chi connectivity index (χ3v) is 5.52. The van der Waals surface area contributed by atoms with Gasteiger partial charge < -0.3 is 5.32 Å². The van der Waals surface area contributed by atoms with E-state index in [4.69, 9.17) is 0 Å². The third-order valence-electron chi connectivity index (χ3n) is 5.52. The Hall–Kier alpha value is -2.88. The molecule has 1 heterocycles. The SMILES string of the molecule is O=C1C[C@@](/C=C/c2ccccc2)(C(=O)NC2CCCC2)N1c1ccccc1. The molecule has 1 aliphatic heterocycles. The summed E-state index contributed by atoms with van der Waals surface area (Å²) < 4.78 is 0. The predicted octanol–water partition coefficient (Wildman–Crippen LogP) is 3.93. The van der Waals surface area contributed by atoms with Crippen molar-refractivity contribution in [1.82, 2.24) is 5.32 Å². The molecule has 1 aliphatic carbocycles. The van der Waals surface area contributed by atoms with Crippen LogP contribution < -0.4 is 10.2 Å². The van der Waals surface area contributed by atoms with Crippen LogP contribution in [-0.4, -0.2) is 23.4 Å². The van der Waals surface area contributed by atoms with Crippen LogP contribution in [0, 0.1) is 0 Å². The van der Waals surface area contributed by atoms with E-state index in [1.54, 1.807) is 4.90 Å². The van der Waals surface area contributed by atoms with Crippen LogP contribution in [0.25, 0.3) is 6.08 Å². The normalized spacial score (nSPS) is 22.8. The first-order chi connectivity index (χ1) is 13.2. The van der Waals surface area contributed by atoms with Crippen molar-refractivity contribution in [3.63, 3.8) is 0 Å². The maximum atomic E-state index is 13.3. The molecule has 2 aromatic carbocycles. The zero-order valence-corrected chi connectivity index (χ0v) is 15.3. The number of nitrogens with zero attached hydrogens (tertiary/aromatic N) is 1. The van der Waals surface area contributed by atoms with E-state index in [1.807, 2.05) is 72.8 Å². The van der Waals surface area contributed by atoms with Crippen LogP contribution in [-0.2, 0) is 9.59 Å². The van der Waals surface area contributed by atoms with Gasteiger partial charge in [0.2, 0.25) is 5.91 Å². The summed E-state index contributed by atoms with van der Waals surface area (Å²) in [5.41, 5.74) is 0.808. The summed E-state index contributed by atoms with van der Waals surface area (Å²) >= 11 is 0. The second-order valence-corrected chi connectivity index (χ2v) is 7.36. The Bertz CT molecular complexity index is 841. The van der Waals surface area contributed by atoms with Gasteiger partial charge in [0.1, 0.15) is 0 Å². The van der Waals surface area contributed by atoms with E-state index in [2.05, 4.69) is 5.32 Å². The van der Waals surface area contributed by atoms with Gasteiger partial charge in [-0.2, -0.15) is 0 Å². The Morgan fingerprint density at radius 3 is 2.26 bits per heavy atom. The quantitative estimate of drug-likeness (QED) is 0.821. The van der Waals surface area contributed by atoms with Gasteiger partial charge in [0.25, 0.3) is 5.91 Å². The topological polar surface area (TPSA) is 49.4 Å². The number of benzene rings is 2. The minimum Gasteiger partial charge on any atom is -0.351 e. The first-order valence-corrected chi connectivity index (χ1v) is 9.62. The van der Waals surface area contributed by atoms with E-state index in [0.717, 1.165) is 36.9 Å². The Kier molecular flexibility index (Phi) is 4.80. The van der Waals surface area contributed by atoms with E-state index < -0.39 is 5.54 Å². The summed E-state index contributed by atoms with van der Waals surface area (Å²) in [6, 6.07) is 19.5. The van der Waals surface area contributed by atoms with E-state index in [-0.39, 0.29) is 24.3 Å². The van der Waals surface area contributed by atoms with Crippen molar-refractivity contribution in [1.29, 1.82) is 0 Å². The second-order valence-electron chi connectivity index (χ2n) is 7.36. The monoisotopic (exact) mass is 360 g/mol. The number of β-lactam (4-membered cyclic amide) rings is 1. The number of amides is 2. The van der Waals surface area contributed by atoms with Crippen molar-refractivity contribution >= 4 is 23.6 Å². The minimum atomic E-state index is -0.961. The lowest BCUT2D eigenvalue weighted by atomic mass is 9.80. The maximum Gasteiger partial charge on any atom is 0.251 e. The van der Waals surface area contributed by atoms with Crippen molar-refractivity contribution in [3.8, 4) is 0 Å². The van der Waals surface area contributed by atoms with Crippen LogP contribution in [0.2, 0.25) is 0 Å². The lowest BCUT2D eigenvalue weighted by Gasteiger charge is -2.49. The molecule has 0 bridgehead atoms. The molecule has 2 amide bonds. The summed E-state index contributed by atoms with van der Waals surface area (Å²) in [7, 11) is 0. The van der Waals surface area contributed by atoms with Gasteiger partial charge in [-0.05, 0) is 36.6 Å². The summed E-state index contributed by atoms with van der Waals surface area (Å²) in [6.45, 7) is 0. The fourth-order valence-electron chi connectivity index (χ4n) is 4.04. The average molecular weight is 360 g/mol. The maximum absolute atomic E-state index is 13.3. The fourth-order valence-corrected chi connectivity index (χ4v) is 4.04. The molecule has 0 unspecified atom stereocenters. The molecule has 27 heavy (non-hydrogen) atoms. The molecule has 0 spiro atoms. The van der Waals surface area contributed by atoms with Gasteiger partial charge in [-0.1, -0.05) is 67.4 Å². The zero-order chi connectivity index (χ0) is 18.7. The molecular weight excluding hydrogens is 336 g/mol. The molecule has 2 aromatic rings. The highest BCUT2D eigenvalue weighted by atomic mass is 16.2. The summed E-state index contributed by atoms with van der Waals surface area (Å²) in [5, 5.41) is 3.19. The van der Waals surface area contributed by atoms with Crippen LogP contribution >= 0.6 is 0 Å². The standard InChI is InChI=1S/C23H24N2O2/c26-21-17-23(16-15-18-9-3-1-4-10-18,22(27)24-19-11-7-8-12-19)25(21)20-13-5-2-6-14-20/h1-6,9-10,13-16,19H,7-8,11-12,17H2,(H,24,27)/b16-15+/t23-/m0/s1. The van der Waals surface area contributed by atoms with E-state index in [0.29, 0.717) is 0 Å². The Morgan fingerprint density at radius 2 is 1.63 bits per heavy atom. The second kappa shape index (κ2) is 7.39. The Labute approximate surface area is 159 Å². The number of rotatable bonds is 5. The molecule has 138 valence electrons. The van der Waals surface area contributed by atoms with Crippen molar-refractivity contribution in [2.45, 2.75) is 43.7 Å². The number of hydrogen-bond acceptors (Lipinski definition) is 2. The van der Waals surface area contributed by atoms with E-state index >= 15 is 0 Å². The summed E-state index contributed by atoms with van der Waals surface area (Å²) in [4.78, 5) is 27.4. The van der Waals surface area contributed by atoms with Gasteiger partial charge in [-0.15, -0.1) is 0 Å². The molecule has 1 atom stereocenters. The van der Waals surface area contributed by atoms with E-state index in [9.17, 15) is 9.59 Å². The van der Waals surface area contributed by atoms with Gasteiger partial charge >= 0.3 is 0 Å². The zero-order valence-electron chi connectivity index (χ0n) is 15.3.